The van der Waals surface area contributed by atoms with Crippen molar-refractivity contribution < 1.29 is 9.63 Å². The van der Waals surface area contributed by atoms with Crippen LogP contribution < -0.4 is 16.5 Å². The van der Waals surface area contributed by atoms with E-state index in [-0.39, 0.29) is 13.3 Å². The summed E-state index contributed by atoms with van der Waals surface area (Å²) in [4.78, 5) is 14.8. The van der Waals surface area contributed by atoms with E-state index < -0.39 is 0 Å². The number of hydroxylamine groups is 1. The summed E-state index contributed by atoms with van der Waals surface area (Å²) >= 11 is 0. The maximum Gasteiger partial charge on any atom is 0.218 e. The van der Waals surface area contributed by atoms with E-state index in [4.69, 9.17) is 5.73 Å². The second-order valence-corrected chi connectivity index (χ2v) is 2.06. The Balaban J connectivity index is 0. The fourth-order valence-electron chi connectivity index (χ4n) is 0.578. The zero-order valence-corrected chi connectivity index (χ0v) is 6.72. The molecule has 0 aromatic rings. The Morgan fingerprint density at radius 1 is 1.42 bits per heavy atom. The van der Waals surface area contributed by atoms with Crippen LogP contribution in [0.2, 0.25) is 0 Å². The molecule has 5 nitrogen and oxygen atoms in total. The molecule has 4 N–H and O–H groups in total. The van der Waals surface area contributed by atoms with Gasteiger partial charge in [-0.15, -0.1) is 0 Å². The Hall–Kier alpha value is -0.650. The standard InChI is InChI=1S/C6H15N3O2.CH4/c1-11-9-5-4-8-3-2-6(7)10;/h8-9H,2-5H2,1H3,(H2,7,10);1H4. The number of nitrogens with two attached hydrogens (primary N) is 1. The third-order valence-electron chi connectivity index (χ3n) is 1.10. The number of nitrogens with one attached hydrogen (secondary N) is 2. The van der Waals surface area contributed by atoms with E-state index >= 15 is 0 Å². The lowest BCUT2D eigenvalue weighted by molar-refractivity contribution is -0.117. The van der Waals surface area contributed by atoms with Crippen LogP contribution in [0.4, 0.5) is 0 Å². The quantitative estimate of drug-likeness (QED) is 0.353. The highest BCUT2D eigenvalue weighted by atomic mass is 16.6. The molecule has 0 unspecified atom stereocenters. The topological polar surface area (TPSA) is 76.4 Å². The van der Waals surface area contributed by atoms with Gasteiger partial charge in [0, 0.05) is 26.1 Å². The SMILES string of the molecule is C.CONCCNCCC(N)=O. The Kier molecular flexibility index (Phi) is 12.0. The molecule has 0 aromatic heterocycles. The summed E-state index contributed by atoms with van der Waals surface area (Å²) in [6.07, 6.45) is 0.382. The van der Waals surface area contributed by atoms with Gasteiger partial charge < -0.3 is 15.9 Å². The van der Waals surface area contributed by atoms with Gasteiger partial charge in [0.2, 0.25) is 5.91 Å². The van der Waals surface area contributed by atoms with Gasteiger partial charge in [0.25, 0.3) is 0 Å². The van der Waals surface area contributed by atoms with E-state index in [1.165, 1.54) is 0 Å². The van der Waals surface area contributed by atoms with E-state index in [2.05, 4.69) is 15.6 Å². The van der Waals surface area contributed by atoms with Crippen molar-refractivity contribution in [3.8, 4) is 0 Å². The summed E-state index contributed by atoms with van der Waals surface area (Å²) in [5, 5.41) is 3.01. The number of carbonyl (C=O) groups is 1. The van der Waals surface area contributed by atoms with Crippen LogP contribution in [0.25, 0.3) is 0 Å². The molecule has 0 aliphatic rings. The fourth-order valence-corrected chi connectivity index (χ4v) is 0.578. The molecule has 0 aliphatic carbocycles. The average Bonchev–Trinajstić information content (AvgIpc) is 1.96. The van der Waals surface area contributed by atoms with E-state index in [1.54, 1.807) is 7.11 Å². The van der Waals surface area contributed by atoms with Crippen LogP contribution in [0.1, 0.15) is 13.8 Å². The van der Waals surface area contributed by atoms with Crippen LogP contribution in [0.15, 0.2) is 0 Å². The van der Waals surface area contributed by atoms with Crippen LogP contribution in [0, 0.1) is 0 Å². The Labute approximate surface area is 73.6 Å². The molecule has 0 radical (unpaired) electrons. The maximum atomic E-state index is 10.2. The number of primary amides is 1. The van der Waals surface area contributed by atoms with Crippen molar-refractivity contribution in [2.75, 3.05) is 26.7 Å². The van der Waals surface area contributed by atoms with Crippen LogP contribution in [-0.4, -0.2) is 32.7 Å². The summed E-state index contributed by atoms with van der Waals surface area (Å²) in [7, 11) is 1.56. The monoisotopic (exact) mass is 177 g/mol. The number of amides is 1. The number of hydrogen-bond acceptors (Lipinski definition) is 4. The molecule has 0 saturated heterocycles. The molecule has 0 heterocycles. The summed E-state index contributed by atoms with van der Waals surface area (Å²) in [5.41, 5.74) is 7.57. The molecule has 0 aliphatic heterocycles. The van der Waals surface area contributed by atoms with Gasteiger partial charge in [-0.05, 0) is 0 Å². The molecule has 0 aromatic carbocycles. The highest BCUT2D eigenvalue weighted by Crippen LogP contribution is 1.70. The van der Waals surface area contributed by atoms with Gasteiger partial charge >= 0.3 is 0 Å². The van der Waals surface area contributed by atoms with Crippen molar-refractivity contribution in [3.63, 3.8) is 0 Å². The lowest BCUT2D eigenvalue weighted by atomic mass is 10.4. The summed E-state index contributed by atoms with van der Waals surface area (Å²) in [6.45, 7) is 2.11. The van der Waals surface area contributed by atoms with Crippen molar-refractivity contribution in [1.29, 1.82) is 0 Å². The molecule has 74 valence electrons. The van der Waals surface area contributed by atoms with Gasteiger partial charge in [-0.3, -0.25) is 4.79 Å². The minimum absolute atomic E-state index is 0. The van der Waals surface area contributed by atoms with Gasteiger partial charge in [-0.2, -0.15) is 0 Å². The first-order valence-corrected chi connectivity index (χ1v) is 3.52. The highest BCUT2D eigenvalue weighted by molar-refractivity contribution is 5.73. The van der Waals surface area contributed by atoms with Crippen molar-refractivity contribution in [3.05, 3.63) is 0 Å². The van der Waals surface area contributed by atoms with Gasteiger partial charge in [0.1, 0.15) is 0 Å². The molecule has 0 bridgehead atoms. The molecular formula is C7H19N3O2. The first kappa shape index (κ1) is 13.9. The molecule has 0 fully saturated rings. The lowest BCUT2D eigenvalue weighted by Gasteiger charge is -2.02. The van der Waals surface area contributed by atoms with Gasteiger partial charge in [0.05, 0.1) is 7.11 Å². The molecule has 0 spiro atoms. The van der Waals surface area contributed by atoms with E-state index in [0.717, 1.165) is 13.1 Å². The average molecular weight is 177 g/mol. The fraction of sp³-hybridized carbons (Fsp3) is 0.857. The van der Waals surface area contributed by atoms with E-state index in [9.17, 15) is 4.79 Å². The molecule has 1 amide bonds. The largest absolute Gasteiger partial charge is 0.370 e. The minimum atomic E-state index is -0.280. The predicted octanol–water partition coefficient (Wildman–Crippen LogP) is -0.761. The number of rotatable bonds is 7. The van der Waals surface area contributed by atoms with Crippen molar-refractivity contribution >= 4 is 5.91 Å². The smallest absolute Gasteiger partial charge is 0.218 e. The normalized spacial score (nSPS) is 9.08. The van der Waals surface area contributed by atoms with Gasteiger partial charge in [-0.1, -0.05) is 7.43 Å². The zero-order chi connectivity index (χ0) is 8.53. The van der Waals surface area contributed by atoms with Gasteiger partial charge in [-0.25, -0.2) is 5.48 Å². The maximum absolute atomic E-state index is 10.2. The number of carbonyl (C=O) groups excluding carboxylic acids is 1. The Bertz CT molecular complexity index is 109. The van der Waals surface area contributed by atoms with Gasteiger partial charge in [0.15, 0.2) is 0 Å². The van der Waals surface area contributed by atoms with E-state index in [1.807, 2.05) is 0 Å². The van der Waals surface area contributed by atoms with Crippen LogP contribution in [-0.2, 0) is 9.63 Å². The lowest BCUT2D eigenvalue weighted by Crippen LogP contribution is -2.29. The minimum Gasteiger partial charge on any atom is -0.370 e. The summed E-state index contributed by atoms with van der Waals surface area (Å²) in [6, 6.07) is 0. The summed E-state index contributed by atoms with van der Waals surface area (Å²) in [5.74, 6) is -0.280. The second kappa shape index (κ2) is 10.3. The predicted molar refractivity (Wildman–Crippen MR) is 48.4 cm³/mol. The second-order valence-electron chi connectivity index (χ2n) is 2.06. The molecule has 5 heteroatoms. The van der Waals surface area contributed by atoms with E-state index in [0.29, 0.717) is 13.0 Å². The summed E-state index contributed by atoms with van der Waals surface area (Å²) < 4.78 is 0. The van der Waals surface area contributed by atoms with Crippen LogP contribution >= 0.6 is 0 Å². The third-order valence-corrected chi connectivity index (χ3v) is 1.10. The van der Waals surface area contributed by atoms with Crippen molar-refractivity contribution in [1.82, 2.24) is 10.8 Å². The Morgan fingerprint density at radius 2 is 2.08 bits per heavy atom. The zero-order valence-electron chi connectivity index (χ0n) is 6.72. The molecular weight excluding hydrogens is 158 g/mol. The molecule has 0 saturated carbocycles. The first-order valence-electron chi connectivity index (χ1n) is 3.52. The Morgan fingerprint density at radius 3 is 2.58 bits per heavy atom. The van der Waals surface area contributed by atoms with Crippen LogP contribution in [0.5, 0.6) is 0 Å². The van der Waals surface area contributed by atoms with Crippen molar-refractivity contribution in [2.24, 2.45) is 5.73 Å². The molecule has 0 atom stereocenters. The number of hydrogen-bond donors (Lipinski definition) is 3. The van der Waals surface area contributed by atoms with Crippen molar-refractivity contribution in [2.45, 2.75) is 13.8 Å². The molecule has 0 rings (SSSR count). The van der Waals surface area contributed by atoms with Crippen LogP contribution in [0.3, 0.4) is 0 Å². The third kappa shape index (κ3) is 12.1. The first-order chi connectivity index (χ1) is 5.27. The molecule has 12 heavy (non-hydrogen) atoms. The highest BCUT2D eigenvalue weighted by Gasteiger charge is 1.91.